The normalized spacial score (nSPS) is 30.6. The first-order valence-corrected chi connectivity index (χ1v) is 20.4. The van der Waals surface area contributed by atoms with Crippen LogP contribution in [0.4, 0.5) is 5.69 Å². The van der Waals surface area contributed by atoms with Crippen molar-refractivity contribution < 1.29 is 22.7 Å². The van der Waals surface area contributed by atoms with Crippen LogP contribution in [0, 0.1) is 11.8 Å². The molecule has 11 heteroatoms. The van der Waals surface area contributed by atoms with Crippen LogP contribution in [-0.2, 0) is 31.4 Å². The van der Waals surface area contributed by atoms with E-state index in [4.69, 9.17) is 21.1 Å². The molecular weight excluding hydrogens is 672 g/mol. The summed E-state index contributed by atoms with van der Waals surface area (Å²) in [6, 6.07) is 11.3. The minimum Gasteiger partial charge on any atom is -0.490 e. The van der Waals surface area contributed by atoms with Gasteiger partial charge in [0.2, 0.25) is 0 Å². The molecule has 1 saturated carbocycles. The molecular formula is C39H53ClN4O5S. The third-order valence-electron chi connectivity index (χ3n) is 12.3. The molecule has 3 aliphatic heterocycles. The van der Waals surface area contributed by atoms with Crippen LogP contribution < -0.4 is 14.4 Å². The number of nitrogens with zero attached hydrogens (tertiary/aromatic N) is 3. The van der Waals surface area contributed by atoms with E-state index in [1.165, 1.54) is 30.4 Å². The maximum Gasteiger partial charge on any atom is 0.264 e. The van der Waals surface area contributed by atoms with Gasteiger partial charge in [0.25, 0.3) is 15.9 Å². The van der Waals surface area contributed by atoms with E-state index < -0.39 is 21.5 Å². The number of piperidine rings is 1. The number of hydrogen-bond donors (Lipinski definition) is 1. The molecule has 1 amide bonds. The van der Waals surface area contributed by atoms with Gasteiger partial charge in [0.05, 0.1) is 35.4 Å². The second-order valence-corrected chi connectivity index (χ2v) is 17.9. The van der Waals surface area contributed by atoms with Crippen LogP contribution in [0.3, 0.4) is 0 Å². The predicted octanol–water partition coefficient (Wildman–Crippen LogP) is 5.80. The van der Waals surface area contributed by atoms with E-state index in [1.807, 2.05) is 18.0 Å². The smallest absolute Gasteiger partial charge is 0.264 e. The fourth-order valence-electron chi connectivity index (χ4n) is 8.68. The maximum absolute atomic E-state index is 13.8. The molecule has 272 valence electrons. The number of fused-ring (bicyclic) bond motifs is 4. The number of benzene rings is 2. The van der Waals surface area contributed by atoms with E-state index in [9.17, 15) is 13.2 Å². The summed E-state index contributed by atoms with van der Waals surface area (Å²) in [5.41, 5.74) is 1.93. The van der Waals surface area contributed by atoms with Gasteiger partial charge in [-0.15, -0.1) is 0 Å². The highest BCUT2D eigenvalue weighted by Crippen LogP contribution is 2.47. The fourth-order valence-corrected chi connectivity index (χ4v) is 10.0. The Morgan fingerprint density at radius 3 is 2.66 bits per heavy atom. The Morgan fingerprint density at radius 2 is 1.88 bits per heavy atom. The van der Waals surface area contributed by atoms with E-state index >= 15 is 0 Å². The third kappa shape index (κ3) is 7.20. The summed E-state index contributed by atoms with van der Waals surface area (Å²) in [5.74, 6) is 0.779. The largest absolute Gasteiger partial charge is 0.490 e. The first-order valence-electron chi connectivity index (χ1n) is 18.6. The second kappa shape index (κ2) is 14.4. The van der Waals surface area contributed by atoms with Gasteiger partial charge in [-0.25, -0.2) is 13.1 Å². The minimum atomic E-state index is -4.16. The average Bonchev–Trinajstić information content (AvgIpc) is 3.23. The van der Waals surface area contributed by atoms with Crippen molar-refractivity contribution in [2.24, 2.45) is 11.8 Å². The highest BCUT2D eigenvalue weighted by Gasteiger charge is 2.45. The Labute approximate surface area is 303 Å². The van der Waals surface area contributed by atoms with E-state index in [-0.39, 0.29) is 16.4 Å². The van der Waals surface area contributed by atoms with Crippen LogP contribution in [0.5, 0.6) is 5.75 Å². The lowest BCUT2D eigenvalue weighted by atomic mass is 9.68. The number of carbonyl (C=O) groups excluding carboxylic acids is 1. The Bertz CT molecular complexity index is 1710. The molecule has 0 radical (unpaired) electrons. The molecule has 2 bridgehead atoms. The van der Waals surface area contributed by atoms with E-state index in [1.54, 1.807) is 32.0 Å². The van der Waals surface area contributed by atoms with Gasteiger partial charge >= 0.3 is 0 Å². The van der Waals surface area contributed by atoms with Crippen molar-refractivity contribution in [3.05, 3.63) is 64.7 Å². The third-order valence-corrected chi connectivity index (χ3v) is 13.8. The Hall–Kier alpha value is -2.63. The van der Waals surface area contributed by atoms with E-state index in [2.05, 4.69) is 38.8 Å². The first-order chi connectivity index (χ1) is 23.9. The lowest BCUT2D eigenvalue weighted by Gasteiger charge is -2.46. The molecule has 2 aromatic rings. The van der Waals surface area contributed by atoms with Gasteiger partial charge in [-0.3, -0.25) is 9.69 Å². The summed E-state index contributed by atoms with van der Waals surface area (Å²) in [7, 11) is -2.31. The fraction of sp³-hybridized carbons (Fsp3) is 0.615. The Morgan fingerprint density at radius 1 is 1.06 bits per heavy atom. The van der Waals surface area contributed by atoms with Gasteiger partial charge in [0, 0.05) is 36.6 Å². The number of amides is 1. The predicted molar refractivity (Wildman–Crippen MR) is 198 cm³/mol. The first kappa shape index (κ1) is 35.8. The summed E-state index contributed by atoms with van der Waals surface area (Å²) in [5, 5.41) is 0.742. The SMILES string of the molecule is CN1C/C=C/[C@H](OCCN2CCCCC2)[C@@H]2CC[C@H]2CN2C[C@@]3(CCCc4cc(Cl)ccc43)COc3ccc(cc32)S(=O)(=O)NC(=O)C1(C)C. The Balaban J connectivity index is 1.25. The number of likely N-dealkylation sites (N-methyl/N-ethyl adjacent to an activating group) is 1. The van der Waals surface area contributed by atoms with Crippen LogP contribution >= 0.6 is 11.6 Å². The number of carbonyl (C=O) groups is 1. The summed E-state index contributed by atoms with van der Waals surface area (Å²) in [6.07, 6.45) is 13.2. The number of nitrogens with one attached hydrogen (secondary N) is 1. The standard InChI is InChI=1S/C39H53ClN4O5S/c1-38(2)37(45)41-50(46,47)31-13-16-36-34(24-31)44(26-39(27-49-36)17-7-9-28-23-30(40)12-15-33(28)39)25-29-11-14-32(29)35(10-8-18-42(38)3)48-22-21-43-19-5-4-6-20-43/h8,10,12-13,15-16,23-24,29,32,35H,4-7,9,11,14,17-22,25-27H2,1-3H3,(H,41,45)/b10-8+/t29-,32+,35-,39-/m0/s1. The van der Waals surface area contributed by atoms with Gasteiger partial charge in [0.1, 0.15) is 5.75 Å². The molecule has 1 saturated heterocycles. The van der Waals surface area contributed by atoms with Crippen LogP contribution in [0.1, 0.15) is 69.9 Å². The lowest BCUT2D eigenvalue weighted by Crippen LogP contribution is -2.54. The van der Waals surface area contributed by atoms with Gasteiger partial charge in [-0.05, 0) is 132 Å². The van der Waals surface area contributed by atoms with Crippen LogP contribution in [-0.4, -0.2) is 95.3 Å². The molecule has 2 aromatic carbocycles. The van der Waals surface area contributed by atoms with Gasteiger partial charge in [0.15, 0.2) is 0 Å². The van der Waals surface area contributed by atoms with Gasteiger partial charge in [-0.2, -0.15) is 0 Å². The van der Waals surface area contributed by atoms with Crippen LogP contribution in [0.15, 0.2) is 53.4 Å². The monoisotopic (exact) mass is 724 g/mol. The topological polar surface area (TPSA) is 91.4 Å². The number of sulfonamides is 1. The molecule has 1 N–H and O–H groups in total. The molecule has 5 aliphatic rings. The molecule has 1 spiro atoms. The quantitative estimate of drug-likeness (QED) is 0.397. The van der Waals surface area contributed by atoms with Crippen molar-refractivity contribution in [2.75, 3.05) is 64.4 Å². The lowest BCUT2D eigenvalue weighted by molar-refractivity contribution is -0.128. The number of rotatable bonds is 4. The molecule has 9 nitrogen and oxygen atoms in total. The van der Waals surface area contributed by atoms with Crippen molar-refractivity contribution in [3.63, 3.8) is 0 Å². The molecule has 7 rings (SSSR count). The number of ether oxygens (including phenoxy) is 2. The number of halogens is 1. The molecule has 3 heterocycles. The summed E-state index contributed by atoms with van der Waals surface area (Å²) < 4.78 is 43.4. The van der Waals surface area contributed by atoms with Crippen LogP contribution in [0.25, 0.3) is 0 Å². The number of anilines is 1. The zero-order valence-electron chi connectivity index (χ0n) is 29.8. The summed E-state index contributed by atoms with van der Waals surface area (Å²) >= 11 is 6.47. The summed E-state index contributed by atoms with van der Waals surface area (Å²) in [6.45, 7) is 9.85. The van der Waals surface area contributed by atoms with Crippen molar-refractivity contribution in [1.82, 2.24) is 14.5 Å². The number of aryl methyl sites for hydroxylation is 1. The van der Waals surface area contributed by atoms with Crippen LogP contribution in [0.2, 0.25) is 5.02 Å². The summed E-state index contributed by atoms with van der Waals surface area (Å²) in [4.78, 5) is 20.4. The second-order valence-electron chi connectivity index (χ2n) is 15.8. The highest BCUT2D eigenvalue weighted by atomic mass is 35.5. The molecule has 4 atom stereocenters. The molecule has 2 aliphatic carbocycles. The van der Waals surface area contributed by atoms with Crippen molar-refractivity contribution >= 4 is 33.2 Å². The zero-order chi connectivity index (χ0) is 35.1. The minimum absolute atomic E-state index is 0.0438. The van der Waals surface area contributed by atoms with Crippen molar-refractivity contribution in [3.8, 4) is 5.75 Å². The molecule has 2 fully saturated rings. The van der Waals surface area contributed by atoms with E-state index in [0.717, 1.165) is 69.0 Å². The zero-order valence-corrected chi connectivity index (χ0v) is 31.4. The van der Waals surface area contributed by atoms with Gasteiger partial charge in [-0.1, -0.05) is 36.2 Å². The van der Waals surface area contributed by atoms with E-state index in [0.29, 0.717) is 43.9 Å². The highest BCUT2D eigenvalue weighted by molar-refractivity contribution is 7.90. The van der Waals surface area contributed by atoms with Gasteiger partial charge < -0.3 is 19.3 Å². The molecule has 0 unspecified atom stereocenters. The maximum atomic E-state index is 13.8. The average molecular weight is 725 g/mol. The Kier molecular flexibility index (Phi) is 10.3. The number of hydrogen-bond acceptors (Lipinski definition) is 8. The molecule has 0 aromatic heterocycles. The van der Waals surface area contributed by atoms with Crippen molar-refractivity contribution in [1.29, 1.82) is 0 Å². The van der Waals surface area contributed by atoms with Crippen molar-refractivity contribution in [2.45, 2.75) is 87.2 Å². The number of likely N-dealkylation sites (tertiary alicyclic amines) is 1. The molecule has 50 heavy (non-hydrogen) atoms.